The fraction of sp³-hybridized carbons (Fsp3) is 1.00. The summed E-state index contributed by atoms with van der Waals surface area (Å²) in [6.07, 6.45) is 2.18. The van der Waals surface area contributed by atoms with Gasteiger partial charge in [-0.1, -0.05) is 45.5 Å². The van der Waals surface area contributed by atoms with Crippen molar-refractivity contribution in [1.29, 1.82) is 0 Å². The van der Waals surface area contributed by atoms with E-state index in [2.05, 4.69) is 27.7 Å². The van der Waals surface area contributed by atoms with E-state index in [1.54, 1.807) is 11.4 Å². The van der Waals surface area contributed by atoms with Gasteiger partial charge < -0.3 is 9.05 Å². The molecule has 0 aromatic heterocycles. The Bertz CT molecular complexity index is 214. The van der Waals surface area contributed by atoms with Crippen LogP contribution in [0.25, 0.3) is 0 Å². The van der Waals surface area contributed by atoms with Gasteiger partial charge in [-0.05, 0) is 25.2 Å². The largest absolute Gasteiger partial charge is 0.322 e. The van der Waals surface area contributed by atoms with Crippen LogP contribution < -0.4 is 0 Å². The summed E-state index contributed by atoms with van der Waals surface area (Å²) in [6, 6.07) is 0. The van der Waals surface area contributed by atoms with E-state index in [0.29, 0.717) is 6.61 Å². The van der Waals surface area contributed by atoms with Crippen LogP contribution in [0.5, 0.6) is 0 Å². The molecule has 2 nitrogen and oxygen atoms in total. The normalized spacial score (nSPS) is 16.3. The van der Waals surface area contributed by atoms with Gasteiger partial charge in [-0.15, -0.1) is 0 Å². The second-order valence-corrected chi connectivity index (χ2v) is 11.2. The molecule has 0 spiro atoms. The van der Waals surface area contributed by atoms with E-state index in [4.69, 9.17) is 20.9 Å². The minimum atomic E-state index is -2.12. The summed E-state index contributed by atoms with van der Waals surface area (Å²) in [4.78, 5) is 0. The zero-order chi connectivity index (χ0) is 11.9. The standard InChI is InChI=1S/C10H23O2PS2/c1-6-8-9-12-13(14,11-7-2)15-10(3,4)5/h6-9H2,1-5H3. The van der Waals surface area contributed by atoms with Gasteiger partial charge in [0.25, 0.3) is 0 Å². The highest BCUT2D eigenvalue weighted by molar-refractivity contribution is 8.68. The van der Waals surface area contributed by atoms with E-state index in [1.165, 1.54) is 0 Å². The molecule has 15 heavy (non-hydrogen) atoms. The lowest BCUT2D eigenvalue weighted by atomic mass is 10.3. The summed E-state index contributed by atoms with van der Waals surface area (Å²) >= 11 is 7.15. The van der Waals surface area contributed by atoms with Crippen molar-refractivity contribution >= 4 is 28.9 Å². The SMILES string of the molecule is CCCCOP(=S)(OCC)SC(C)(C)C. The fourth-order valence-electron chi connectivity index (χ4n) is 0.904. The minimum absolute atomic E-state index is 0.0942. The van der Waals surface area contributed by atoms with Crippen molar-refractivity contribution in [2.45, 2.75) is 52.2 Å². The van der Waals surface area contributed by atoms with Crippen molar-refractivity contribution in [3.63, 3.8) is 0 Å². The van der Waals surface area contributed by atoms with Crippen LogP contribution in [0.1, 0.15) is 47.5 Å². The van der Waals surface area contributed by atoms with Gasteiger partial charge in [0.1, 0.15) is 0 Å². The zero-order valence-electron chi connectivity index (χ0n) is 10.4. The minimum Gasteiger partial charge on any atom is -0.322 e. The van der Waals surface area contributed by atoms with Gasteiger partial charge in [-0.3, -0.25) is 0 Å². The van der Waals surface area contributed by atoms with Crippen molar-refractivity contribution < 1.29 is 9.05 Å². The first kappa shape index (κ1) is 15.9. The molecule has 0 aliphatic heterocycles. The summed E-state index contributed by atoms with van der Waals surface area (Å²) in [7, 11) is 0. The molecule has 0 aromatic carbocycles. The van der Waals surface area contributed by atoms with Crippen molar-refractivity contribution in [1.82, 2.24) is 0 Å². The van der Waals surface area contributed by atoms with Crippen molar-refractivity contribution in [3.05, 3.63) is 0 Å². The van der Waals surface area contributed by atoms with Gasteiger partial charge in [-0.25, -0.2) is 0 Å². The Kier molecular flexibility index (Phi) is 7.73. The lowest BCUT2D eigenvalue weighted by molar-refractivity contribution is 0.265. The van der Waals surface area contributed by atoms with Gasteiger partial charge in [-0.2, -0.15) is 0 Å². The molecule has 0 N–H and O–H groups in total. The maximum absolute atomic E-state index is 5.75. The van der Waals surface area contributed by atoms with Gasteiger partial charge in [0, 0.05) is 4.75 Å². The number of hydrogen-bond acceptors (Lipinski definition) is 4. The predicted molar refractivity (Wildman–Crippen MR) is 74.1 cm³/mol. The van der Waals surface area contributed by atoms with Gasteiger partial charge >= 0.3 is 0 Å². The van der Waals surface area contributed by atoms with E-state index in [1.807, 2.05) is 6.92 Å². The fourth-order valence-corrected chi connectivity index (χ4v) is 7.84. The van der Waals surface area contributed by atoms with Gasteiger partial charge in [0.05, 0.1) is 13.2 Å². The van der Waals surface area contributed by atoms with Crippen LogP contribution in [0.15, 0.2) is 0 Å². The highest BCUT2D eigenvalue weighted by Crippen LogP contribution is 2.65. The molecule has 0 saturated carbocycles. The lowest BCUT2D eigenvalue weighted by Gasteiger charge is -2.27. The Morgan fingerprint density at radius 3 is 2.20 bits per heavy atom. The Balaban J connectivity index is 4.26. The van der Waals surface area contributed by atoms with Crippen LogP contribution in [0.2, 0.25) is 0 Å². The Hall–Kier alpha value is 0.920. The molecular formula is C10H23O2PS2. The molecule has 0 fully saturated rings. The van der Waals surface area contributed by atoms with Crippen LogP contribution in [0.4, 0.5) is 0 Å². The Morgan fingerprint density at radius 2 is 1.80 bits per heavy atom. The average Bonchev–Trinajstić information content (AvgIpc) is 2.01. The molecule has 0 heterocycles. The summed E-state index contributed by atoms with van der Waals surface area (Å²) in [5, 5.41) is 0. The van der Waals surface area contributed by atoms with Crippen LogP contribution in [0, 0.1) is 0 Å². The second-order valence-electron chi connectivity index (χ2n) is 4.26. The molecule has 0 aliphatic rings. The quantitative estimate of drug-likeness (QED) is 0.497. The van der Waals surface area contributed by atoms with Crippen molar-refractivity contribution in [2.75, 3.05) is 13.2 Å². The van der Waals surface area contributed by atoms with Gasteiger partial charge in [0.2, 0.25) is 5.69 Å². The van der Waals surface area contributed by atoms with E-state index in [0.717, 1.165) is 19.4 Å². The Labute approximate surface area is 103 Å². The highest BCUT2D eigenvalue weighted by atomic mass is 32.9. The van der Waals surface area contributed by atoms with Crippen molar-refractivity contribution in [2.24, 2.45) is 0 Å². The summed E-state index contributed by atoms with van der Waals surface area (Å²) < 4.78 is 11.5. The molecule has 0 rings (SSSR count). The lowest BCUT2D eigenvalue weighted by Crippen LogP contribution is -2.09. The van der Waals surface area contributed by atoms with Crippen LogP contribution in [-0.2, 0) is 20.9 Å². The maximum Gasteiger partial charge on any atom is 0.247 e. The third-order valence-electron chi connectivity index (χ3n) is 1.42. The van der Waals surface area contributed by atoms with E-state index < -0.39 is 5.69 Å². The van der Waals surface area contributed by atoms with Crippen LogP contribution in [0.3, 0.4) is 0 Å². The van der Waals surface area contributed by atoms with E-state index in [-0.39, 0.29) is 4.75 Å². The maximum atomic E-state index is 5.75. The molecule has 5 heteroatoms. The molecule has 0 amide bonds. The molecule has 0 bridgehead atoms. The van der Waals surface area contributed by atoms with Crippen molar-refractivity contribution in [3.8, 4) is 0 Å². The highest BCUT2D eigenvalue weighted by Gasteiger charge is 2.27. The third kappa shape index (κ3) is 8.70. The van der Waals surface area contributed by atoms with E-state index in [9.17, 15) is 0 Å². The molecule has 0 saturated heterocycles. The molecule has 92 valence electrons. The number of rotatable bonds is 7. The van der Waals surface area contributed by atoms with Crippen LogP contribution in [-0.4, -0.2) is 18.0 Å². The first-order valence-corrected chi connectivity index (χ1v) is 9.49. The smallest absolute Gasteiger partial charge is 0.247 e. The zero-order valence-corrected chi connectivity index (χ0v) is 12.9. The van der Waals surface area contributed by atoms with Crippen LogP contribution >= 0.6 is 17.1 Å². The topological polar surface area (TPSA) is 18.5 Å². The van der Waals surface area contributed by atoms with E-state index >= 15 is 0 Å². The first-order chi connectivity index (χ1) is 6.83. The summed E-state index contributed by atoms with van der Waals surface area (Å²) in [5.41, 5.74) is -2.12. The number of hydrogen-bond donors (Lipinski definition) is 0. The molecule has 0 radical (unpaired) electrons. The summed E-state index contributed by atoms with van der Waals surface area (Å²) in [6.45, 7) is 11.9. The molecule has 0 aromatic rings. The second kappa shape index (κ2) is 7.29. The number of unbranched alkanes of at least 4 members (excludes halogenated alkanes) is 1. The molecule has 1 unspecified atom stereocenters. The van der Waals surface area contributed by atoms with Gasteiger partial charge in [0.15, 0.2) is 0 Å². The Morgan fingerprint density at radius 1 is 1.20 bits per heavy atom. The summed E-state index contributed by atoms with van der Waals surface area (Å²) in [5.74, 6) is 0. The predicted octanol–water partition coefficient (Wildman–Crippen LogP) is 4.60. The monoisotopic (exact) mass is 270 g/mol. The molecule has 1 atom stereocenters. The average molecular weight is 270 g/mol. The first-order valence-electron chi connectivity index (χ1n) is 5.43. The molecular weight excluding hydrogens is 247 g/mol. The third-order valence-corrected chi connectivity index (χ3v) is 7.51. The molecule has 0 aliphatic carbocycles.